The average Bonchev–Trinajstić information content (AvgIpc) is 2.51. The zero-order valence-electron chi connectivity index (χ0n) is 11.8. The lowest BCUT2D eigenvalue weighted by Gasteiger charge is -2.14. The van der Waals surface area contributed by atoms with Crippen molar-refractivity contribution in [1.82, 2.24) is 0 Å². The van der Waals surface area contributed by atoms with E-state index in [0.29, 0.717) is 29.0 Å². The number of rotatable bonds is 5. The van der Waals surface area contributed by atoms with Crippen LogP contribution in [-0.2, 0) is 13.0 Å². The van der Waals surface area contributed by atoms with Crippen molar-refractivity contribution in [2.75, 3.05) is 14.2 Å². The highest BCUT2D eigenvalue weighted by atomic mass is 35.5. The van der Waals surface area contributed by atoms with E-state index in [0.717, 1.165) is 5.56 Å². The van der Waals surface area contributed by atoms with Gasteiger partial charge in [0.25, 0.3) is 0 Å². The van der Waals surface area contributed by atoms with Gasteiger partial charge in [0.2, 0.25) is 0 Å². The van der Waals surface area contributed by atoms with E-state index in [2.05, 4.69) is 0 Å². The monoisotopic (exact) mass is 310 g/mol. The van der Waals surface area contributed by atoms with Crippen LogP contribution < -0.4 is 9.47 Å². The summed E-state index contributed by atoms with van der Waals surface area (Å²) in [5.41, 5.74) is 1.84. The van der Waals surface area contributed by atoms with Gasteiger partial charge in [0, 0.05) is 18.1 Å². The van der Waals surface area contributed by atoms with Crippen LogP contribution in [-0.4, -0.2) is 19.3 Å². The number of methoxy groups -OCH3 is 2. The van der Waals surface area contributed by atoms with E-state index in [4.69, 9.17) is 21.1 Å². The Labute approximate surface area is 127 Å². The summed E-state index contributed by atoms with van der Waals surface area (Å²) in [6, 6.07) is 8.30. The van der Waals surface area contributed by atoms with Crippen LogP contribution >= 0.6 is 11.6 Å². The molecule has 0 aliphatic heterocycles. The Bertz CT molecular complexity index is 644. The Kier molecular flexibility index (Phi) is 5.04. The first kappa shape index (κ1) is 15.6. The molecule has 0 aliphatic carbocycles. The zero-order chi connectivity index (χ0) is 15.4. The number of ether oxygens (including phenoxy) is 2. The molecule has 0 radical (unpaired) electrons. The molecule has 2 aromatic carbocycles. The van der Waals surface area contributed by atoms with Crippen molar-refractivity contribution < 1.29 is 19.0 Å². The van der Waals surface area contributed by atoms with Gasteiger partial charge in [-0.25, -0.2) is 4.39 Å². The summed E-state index contributed by atoms with van der Waals surface area (Å²) >= 11 is 5.79. The third-order valence-electron chi connectivity index (χ3n) is 3.27. The minimum atomic E-state index is -0.442. The van der Waals surface area contributed by atoms with Crippen LogP contribution in [0, 0.1) is 5.82 Å². The molecule has 0 amide bonds. The number of hydrogen-bond acceptors (Lipinski definition) is 3. The Hall–Kier alpha value is -1.78. The molecule has 2 aromatic rings. The lowest BCUT2D eigenvalue weighted by atomic mass is 10.0. The molecule has 2 rings (SSSR count). The molecule has 0 saturated heterocycles. The molecule has 0 fully saturated rings. The molecule has 0 unspecified atom stereocenters. The van der Waals surface area contributed by atoms with Crippen LogP contribution in [0.4, 0.5) is 4.39 Å². The predicted octanol–water partition coefficient (Wildman–Crippen LogP) is 3.58. The molecule has 1 N–H and O–H groups in total. The van der Waals surface area contributed by atoms with E-state index >= 15 is 0 Å². The molecule has 5 heteroatoms. The standard InChI is InChI=1S/C16H16ClFO3/c1-20-14-8-15(21-2)12(9-19)7-11(14)6-10-4-3-5-13(17)16(10)18/h3-5,7-8,19H,6,9H2,1-2H3. The summed E-state index contributed by atoms with van der Waals surface area (Å²) in [6.45, 7) is -0.168. The van der Waals surface area contributed by atoms with E-state index in [1.54, 1.807) is 24.3 Å². The highest BCUT2D eigenvalue weighted by molar-refractivity contribution is 6.30. The number of aliphatic hydroxyl groups excluding tert-OH is 1. The van der Waals surface area contributed by atoms with Gasteiger partial charge < -0.3 is 14.6 Å². The highest BCUT2D eigenvalue weighted by Gasteiger charge is 2.14. The van der Waals surface area contributed by atoms with Crippen molar-refractivity contribution in [3.05, 3.63) is 57.9 Å². The van der Waals surface area contributed by atoms with Crippen LogP contribution in [0.3, 0.4) is 0 Å². The minimum Gasteiger partial charge on any atom is -0.496 e. The van der Waals surface area contributed by atoms with Crippen LogP contribution in [0.1, 0.15) is 16.7 Å². The predicted molar refractivity (Wildman–Crippen MR) is 79.7 cm³/mol. The SMILES string of the molecule is COc1cc(OC)c(Cc2cccc(Cl)c2F)cc1CO. The maximum Gasteiger partial charge on any atom is 0.145 e. The van der Waals surface area contributed by atoms with E-state index in [1.165, 1.54) is 20.3 Å². The lowest BCUT2D eigenvalue weighted by Crippen LogP contribution is -2.01. The van der Waals surface area contributed by atoms with Gasteiger partial charge >= 0.3 is 0 Å². The summed E-state index contributed by atoms with van der Waals surface area (Å²) in [5, 5.41) is 9.47. The Morgan fingerprint density at radius 3 is 2.33 bits per heavy atom. The first-order chi connectivity index (χ1) is 10.1. The summed E-state index contributed by atoms with van der Waals surface area (Å²) in [5.74, 6) is 0.663. The van der Waals surface area contributed by atoms with E-state index in [1.807, 2.05) is 0 Å². The number of aliphatic hydroxyl groups is 1. The zero-order valence-corrected chi connectivity index (χ0v) is 12.6. The number of halogens is 2. The Morgan fingerprint density at radius 1 is 1.05 bits per heavy atom. The van der Waals surface area contributed by atoms with Crippen LogP contribution in [0.5, 0.6) is 11.5 Å². The van der Waals surface area contributed by atoms with E-state index in [9.17, 15) is 9.50 Å². The van der Waals surface area contributed by atoms with Gasteiger partial charge in [0.1, 0.15) is 17.3 Å². The molecular formula is C16H16ClFO3. The van der Waals surface area contributed by atoms with Gasteiger partial charge in [-0.15, -0.1) is 0 Å². The fraction of sp³-hybridized carbons (Fsp3) is 0.250. The second-order valence-corrected chi connectivity index (χ2v) is 4.93. The van der Waals surface area contributed by atoms with Crippen LogP contribution in [0.2, 0.25) is 5.02 Å². The van der Waals surface area contributed by atoms with E-state index in [-0.39, 0.29) is 11.6 Å². The molecule has 3 nitrogen and oxygen atoms in total. The number of benzene rings is 2. The fourth-order valence-corrected chi connectivity index (χ4v) is 2.38. The molecule has 0 heterocycles. The second-order valence-electron chi connectivity index (χ2n) is 4.52. The van der Waals surface area contributed by atoms with Crippen molar-refractivity contribution in [3.8, 4) is 11.5 Å². The molecule has 0 bridgehead atoms. The van der Waals surface area contributed by atoms with Crippen molar-refractivity contribution in [1.29, 1.82) is 0 Å². The molecule has 0 atom stereocenters. The second kappa shape index (κ2) is 6.78. The van der Waals surface area contributed by atoms with Gasteiger partial charge in [0.05, 0.1) is 25.8 Å². The van der Waals surface area contributed by atoms with Crippen LogP contribution in [0.25, 0.3) is 0 Å². The van der Waals surface area contributed by atoms with Crippen molar-refractivity contribution in [2.45, 2.75) is 13.0 Å². The molecular weight excluding hydrogens is 295 g/mol. The largest absolute Gasteiger partial charge is 0.496 e. The molecule has 0 aliphatic rings. The third kappa shape index (κ3) is 3.28. The van der Waals surface area contributed by atoms with Crippen molar-refractivity contribution in [3.63, 3.8) is 0 Å². The summed E-state index contributed by atoms with van der Waals surface area (Å²) in [4.78, 5) is 0. The lowest BCUT2D eigenvalue weighted by molar-refractivity contribution is 0.273. The Morgan fingerprint density at radius 2 is 1.71 bits per heavy atom. The van der Waals surface area contributed by atoms with Gasteiger partial charge in [-0.3, -0.25) is 0 Å². The fourth-order valence-electron chi connectivity index (χ4n) is 2.19. The smallest absolute Gasteiger partial charge is 0.145 e. The minimum absolute atomic E-state index is 0.0855. The van der Waals surface area contributed by atoms with Crippen molar-refractivity contribution >= 4 is 11.6 Å². The quantitative estimate of drug-likeness (QED) is 0.917. The first-order valence-electron chi connectivity index (χ1n) is 6.38. The van der Waals surface area contributed by atoms with Crippen LogP contribution in [0.15, 0.2) is 30.3 Å². The molecule has 0 aromatic heterocycles. The third-order valence-corrected chi connectivity index (χ3v) is 3.56. The van der Waals surface area contributed by atoms with E-state index < -0.39 is 5.82 Å². The maximum absolute atomic E-state index is 14.0. The first-order valence-corrected chi connectivity index (χ1v) is 6.76. The maximum atomic E-state index is 14.0. The van der Waals surface area contributed by atoms with Gasteiger partial charge in [-0.05, 0) is 23.3 Å². The summed E-state index contributed by atoms with van der Waals surface area (Å²) < 4.78 is 24.5. The van der Waals surface area contributed by atoms with Gasteiger partial charge in [0.15, 0.2) is 0 Å². The van der Waals surface area contributed by atoms with Gasteiger partial charge in [-0.2, -0.15) is 0 Å². The Balaban J connectivity index is 2.45. The topological polar surface area (TPSA) is 38.7 Å². The molecule has 112 valence electrons. The normalized spacial score (nSPS) is 10.5. The highest BCUT2D eigenvalue weighted by Crippen LogP contribution is 2.31. The summed E-state index contributed by atoms with van der Waals surface area (Å²) in [7, 11) is 3.05. The average molecular weight is 311 g/mol. The molecule has 0 saturated carbocycles. The summed E-state index contributed by atoms with van der Waals surface area (Å²) in [6.07, 6.45) is 0.312. The van der Waals surface area contributed by atoms with Gasteiger partial charge in [-0.1, -0.05) is 23.7 Å². The molecule has 0 spiro atoms. The molecule has 21 heavy (non-hydrogen) atoms. The number of hydrogen-bond donors (Lipinski definition) is 1. The van der Waals surface area contributed by atoms with Crippen molar-refractivity contribution in [2.24, 2.45) is 0 Å².